The molecule has 260 valence electrons. The van der Waals surface area contributed by atoms with Crippen LogP contribution >= 0.6 is 0 Å². The maximum atomic E-state index is 3.72. The third kappa shape index (κ3) is 8.00. The Morgan fingerprint density at radius 1 is 0.647 bits per heavy atom. The van der Waals surface area contributed by atoms with Crippen molar-refractivity contribution in [1.29, 1.82) is 0 Å². The molecule has 5 aromatic rings. The summed E-state index contributed by atoms with van der Waals surface area (Å²) in [5, 5.41) is 5.49. The SMILES string of the molecule is CC(C)(C)c1ccc2[cH-]c3ccc(C(C)(C)C)cc3c2c1.CC1[C-]=C(C23CC4CC(CC(C4)C2)C3)C=C1.[Zr+2]=[C](c1ccccc1)c1ccccc1. The van der Waals surface area contributed by atoms with Crippen LogP contribution in [0.4, 0.5) is 0 Å². The van der Waals surface area contributed by atoms with Gasteiger partial charge in [-0.25, -0.2) is 11.6 Å². The van der Waals surface area contributed by atoms with Crippen LogP contribution in [-0.4, -0.2) is 3.21 Å². The summed E-state index contributed by atoms with van der Waals surface area (Å²) in [6, 6.07) is 37.3. The summed E-state index contributed by atoms with van der Waals surface area (Å²) in [6.07, 6.45) is 17.6. The van der Waals surface area contributed by atoms with Crippen LogP contribution in [0, 0.1) is 35.2 Å². The van der Waals surface area contributed by atoms with Crippen LogP contribution < -0.4 is 0 Å². The van der Waals surface area contributed by atoms with Gasteiger partial charge in [0.05, 0.1) is 0 Å². The van der Waals surface area contributed by atoms with E-state index in [9.17, 15) is 0 Å². The molecule has 4 saturated carbocycles. The molecule has 10 rings (SSSR count). The Labute approximate surface area is 323 Å². The third-order valence-corrected chi connectivity index (χ3v) is 13.5. The first kappa shape index (κ1) is 36.3. The first-order valence-corrected chi connectivity index (χ1v) is 20.7. The summed E-state index contributed by atoms with van der Waals surface area (Å²) in [5.74, 6) is 3.75. The third-order valence-electron chi connectivity index (χ3n) is 12.1. The fraction of sp³-hybridized carbons (Fsp3) is 0.400. The number of rotatable bonds is 3. The molecule has 0 aromatic heterocycles. The number of hydrogen-bond donors (Lipinski definition) is 0. The van der Waals surface area contributed by atoms with Crippen LogP contribution in [-0.2, 0) is 35.1 Å². The summed E-state index contributed by atoms with van der Waals surface area (Å²) in [5.41, 5.74) is 8.04. The molecule has 0 aliphatic heterocycles. The molecule has 4 fully saturated rings. The molecule has 0 amide bonds. The minimum absolute atomic E-state index is 0.194. The molecule has 5 aliphatic carbocycles. The monoisotopic (exact) mass is 746 g/mol. The van der Waals surface area contributed by atoms with E-state index in [0.29, 0.717) is 11.3 Å². The van der Waals surface area contributed by atoms with Crippen LogP contribution in [0.5, 0.6) is 0 Å². The van der Waals surface area contributed by atoms with E-state index < -0.39 is 0 Å². The molecule has 0 saturated heterocycles. The zero-order valence-electron chi connectivity index (χ0n) is 32.0. The minimum atomic E-state index is 0.194. The average molecular weight is 748 g/mol. The Balaban J connectivity index is 0.000000122. The quantitative estimate of drug-likeness (QED) is 0.161. The van der Waals surface area contributed by atoms with Gasteiger partial charge in [0.15, 0.2) is 0 Å². The van der Waals surface area contributed by atoms with Gasteiger partial charge in [-0.05, 0) is 72.5 Å². The van der Waals surface area contributed by atoms with Crippen molar-refractivity contribution in [2.45, 2.75) is 97.8 Å². The van der Waals surface area contributed by atoms with E-state index in [1.807, 2.05) is 0 Å². The second kappa shape index (κ2) is 14.4. The molecule has 0 N–H and O–H groups in total. The van der Waals surface area contributed by atoms with E-state index in [4.69, 9.17) is 0 Å². The van der Waals surface area contributed by atoms with Crippen LogP contribution in [0.3, 0.4) is 0 Å². The standard InChI is InChI=1S/C21H25.C16H21.C13H10.Zr/c1-20(2,3)16-9-7-14-11-15-8-10-17(21(4,5)6)13-19(15)18(14)12-16;1-11-2-3-15(4-11)16-8-12-5-13(9-16)7-14(6-12)10-16;1-3-7-12(8-4-1)11-13-9-5-2-6-10-13;/h7-13H,1-6H3;2-3,11-14H,5-10H2,1H3;1-10H;/q2*-1;;+2. The molecule has 5 aromatic carbocycles. The van der Waals surface area contributed by atoms with E-state index >= 15 is 0 Å². The van der Waals surface area contributed by atoms with E-state index in [-0.39, 0.29) is 10.8 Å². The van der Waals surface area contributed by atoms with Gasteiger partial charge in [0.2, 0.25) is 0 Å². The molecule has 4 bridgehead atoms. The summed E-state index contributed by atoms with van der Waals surface area (Å²) in [6.45, 7) is 15.9. The Morgan fingerprint density at radius 2 is 1.08 bits per heavy atom. The van der Waals surface area contributed by atoms with Crippen molar-refractivity contribution in [1.82, 2.24) is 0 Å². The number of fused-ring (bicyclic) bond motifs is 3. The Hall–Kier alpha value is -3.02. The van der Waals surface area contributed by atoms with Crippen molar-refractivity contribution in [2.75, 3.05) is 0 Å². The van der Waals surface area contributed by atoms with Crippen molar-refractivity contribution >= 4 is 24.8 Å². The predicted octanol–water partition coefficient (Wildman–Crippen LogP) is 13.2. The van der Waals surface area contributed by atoms with Crippen LogP contribution in [0.2, 0.25) is 0 Å². The van der Waals surface area contributed by atoms with E-state index in [2.05, 4.69) is 170 Å². The van der Waals surface area contributed by atoms with Gasteiger partial charge in [0.1, 0.15) is 0 Å². The maximum absolute atomic E-state index is 3.72. The van der Waals surface area contributed by atoms with E-state index in [0.717, 1.165) is 17.8 Å². The molecule has 0 nitrogen and oxygen atoms in total. The molecular weight excluding hydrogens is 692 g/mol. The number of allylic oxidation sites excluding steroid dienone is 4. The molecule has 0 radical (unpaired) electrons. The van der Waals surface area contributed by atoms with Gasteiger partial charge >= 0.3 is 99.2 Å². The second-order valence-electron chi connectivity index (χ2n) is 18.3. The van der Waals surface area contributed by atoms with Gasteiger partial charge in [0, 0.05) is 0 Å². The zero-order valence-corrected chi connectivity index (χ0v) is 34.5. The van der Waals surface area contributed by atoms with Crippen molar-refractivity contribution in [3.63, 3.8) is 0 Å². The second-order valence-corrected chi connectivity index (χ2v) is 19.5. The van der Waals surface area contributed by atoms with Gasteiger partial charge in [-0.15, -0.1) is 39.7 Å². The van der Waals surface area contributed by atoms with Gasteiger partial charge in [-0.2, -0.15) is 6.08 Å². The number of hydrogen-bond acceptors (Lipinski definition) is 0. The fourth-order valence-corrected chi connectivity index (χ4v) is 10.5. The summed E-state index contributed by atoms with van der Waals surface area (Å²) in [7, 11) is 0. The van der Waals surface area contributed by atoms with E-state index in [1.165, 1.54) is 90.5 Å². The predicted molar refractivity (Wildman–Crippen MR) is 216 cm³/mol. The summed E-state index contributed by atoms with van der Waals surface area (Å²) < 4.78 is 1.42. The Morgan fingerprint density at radius 3 is 1.45 bits per heavy atom. The van der Waals surface area contributed by atoms with Gasteiger partial charge in [-0.3, -0.25) is 6.08 Å². The van der Waals surface area contributed by atoms with Crippen molar-refractivity contribution in [2.24, 2.45) is 29.1 Å². The zero-order chi connectivity index (χ0) is 36.0. The Kier molecular flexibility index (Phi) is 10.3. The molecule has 1 heteroatoms. The molecule has 0 heterocycles. The Bertz CT molecular complexity index is 1910. The molecule has 5 aliphatic rings. The van der Waals surface area contributed by atoms with Crippen molar-refractivity contribution in [3.8, 4) is 0 Å². The number of benzene rings is 4. The normalized spacial score (nSPS) is 24.9. The van der Waals surface area contributed by atoms with Gasteiger partial charge in [0.25, 0.3) is 0 Å². The molecule has 1 atom stereocenters. The van der Waals surface area contributed by atoms with Gasteiger partial charge in [-0.1, -0.05) is 89.8 Å². The van der Waals surface area contributed by atoms with Crippen molar-refractivity contribution < 1.29 is 24.2 Å². The topological polar surface area (TPSA) is 0 Å². The van der Waals surface area contributed by atoms with E-state index in [1.54, 1.807) is 24.8 Å². The van der Waals surface area contributed by atoms with Crippen LogP contribution in [0.1, 0.15) is 109 Å². The molecular formula is C50H56Zr. The summed E-state index contributed by atoms with van der Waals surface area (Å²) in [4.78, 5) is 0. The summed E-state index contributed by atoms with van der Waals surface area (Å²) >= 11 is 1.46. The van der Waals surface area contributed by atoms with Crippen LogP contribution in [0.15, 0.2) is 121 Å². The first-order chi connectivity index (χ1) is 24.3. The molecule has 1 unspecified atom stereocenters. The molecule has 0 spiro atoms. The average Bonchev–Trinajstić information content (AvgIpc) is 3.71. The fourth-order valence-electron chi connectivity index (χ4n) is 9.66. The first-order valence-electron chi connectivity index (χ1n) is 19.4. The van der Waals surface area contributed by atoms with Crippen molar-refractivity contribution in [3.05, 3.63) is 149 Å². The molecule has 51 heavy (non-hydrogen) atoms. The van der Waals surface area contributed by atoms with Crippen LogP contribution in [0.25, 0.3) is 21.5 Å². The van der Waals surface area contributed by atoms with Gasteiger partial charge < -0.3 is 0 Å².